The summed E-state index contributed by atoms with van der Waals surface area (Å²) < 4.78 is 11.3. The van der Waals surface area contributed by atoms with Crippen LogP contribution in [-0.4, -0.2) is 71.3 Å². The van der Waals surface area contributed by atoms with Crippen LogP contribution < -0.4 is 0 Å². The second-order valence-electron chi connectivity index (χ2n) is 8.52. The number of hydrogen-bond donors (Lipinski definition) is 0. The van der Waals surface area contributed by atoms with Crippen molar-refractivity contribution in [2.75, 3.05) is 39.3 Å². The Morgan fingerprint density at radius 1 is 1.30 bits per heavy atom. The van der Waals surface area contributed by atoms with Gasteiger partial charge in [0.2, 0.25) is 17.6 Å². The van der Waals surface area contributed by atoms with E-state index >= 15 is 0 Å². The van der Waals surface area contributed by atoms with Gasteiger partial charge in [-0.05, 0) is 43.2 Å². The fourth-order valence-corrected chi connectivity index (χ4v) is 5.00. The lowest BCUT2D eigenvalue weighted by Gasteiger charge is -2.35. The third-order valence-electron chi connectivity index (χ3n) is 6.13. The number of ether oxygens (including phenoxy) is 1. The number of aromatic nitrogens is 2. The van der Waals surface area contributed by atoms with Crippen molar-refractivity contribution in [3.63, 3.8) is 0 Å². The van der Waals surface area contributed by atoms with Crippen LogP contribution in [0.25, 0.3) is 10.7 Å². The largest absolute Gasteiger partial charge is 0.368 e. The van der Waals surface area contributed by atoms with Gasteiger partial charge < -0.3 is 14.2 Å². The minimum atomic E-state index is 0.139. The lowest BCUT2D eigenvalue weighted by molar-refractivity contribution is -0.140. The number of carbonyl (C=O) groups excluding carboxylic acids is 1. The van der Waals surface area contributed by atoms with Gasteiger partial charge in [-0.3, -0.25) is 9.69 Å². The molecule has 1 saturated heterocycles. The molecule has 0 N–H and O–H groups in total. The minimum Gasteiger partial charge on any atom is -0.368 e. The average Bonchev–Trinajstić information content (AvgIpc) is 3.45. The SMILES string of the molecule is CC1CCCC(OCC(=O)N2CCN(CCCc3nc(-c4cccs4)no3)CC2)C1. The summed E-state index contributed by atoms with van der Waals surface area (Å²) in [6.45, 7) is 6.89. The van der Waals surface area contributed by atoms with Crippen LogP contribution in [0.2, 0.25) is 0 Å². The van der Waals surface area contributed by atoms with Crippen molar-refractivity contribution in [2.24, 2.45) is 5.92 Å². The van der Waals surface area contributed by atoms with Gasteiger partial charge in [0.1, 0.15) is 6.61 Å². The van der Waals surface area contributed by atoms with E-state index in [1.54, 1.807) is 11.3 Å². The molecule has 3 heterocycles. The number of hydrogen-bond acceptors (Lipinski definition) is 7. The Morgan fingerprint density at radius 3 is 2.93 bits per heavy atom. The van der Waals surface area contributed by atoms with Gasteiger partial charge in [-0.1, -0.05) is 31.0 Å². The molecule has 1 saturated carbocycles. The first kappa shape index (κ1) is 21.5. The molecule has 4 rings (SSSR count). The van der Waals surface area contributed by atoms with Crippen LogP contribution >= 0.6 is 11.3 Å². The van der Waals surface area contributed by atoms with Gasteiger partial charge in [-0.25, -0.2) is 0 Å². The first-order valence-electron chi connectivity index (χ1n) is 11.2. The predicted molar refractivity (Wildman–Crippen MR) is 116 cm³/mol. The van der Waals surface area contributed by atoms with Crippen molar-refractivity contribution >= 4 is 17.2 Å². The Kier molecular flexibility index (Phi) is 7.52. The molecule has 0 spiro atoms. The highest BCUT2D eigenvalue weighted by molar-refractivity contribution is 7.13. The van der Waals surface area contributed by atoms with Gasteiger partial charge in [-0.15, -0.1) is 11.3 Å². The van der Waals surface area contributed by atoms with Crippen LogP contribution in [0.1, 0.15) is 44.9 Å². The van der Waals surface area contributed by atoms with E-state index in [4.69, 9.17) is 9.26 Å². The Hall–Kier alpha value is -1.77. The molecule has 2 aliphatic rings. The quantitative estimate of drug-likeness (QED) is 0.636. The molecule has 0 bridgehead atoms. The average molecular weight is 433 g/mol. The molecule has 2 aromatic heterocycles. The summed E-state index contributed by atoms with van der Waals surface area (Å²) in [6, 6.07) is 3.99. The maximum atomic E-state index is 12.5. The molecular weight excluding hydrogens is 400 g/mol. The van der Waals surface area contributed by atoms with E-state index in [1.165, 1.54) is 12.8 Å². The minimum absolute atomic E-state index is 0.139. The summed E-state index contributed by atoms with van der Waals surface area (Å²) in [5.41, 5.74) is 0. The summed E-state index contributed by atoms with van der Waals surface area (Å²) in [5, 5.41) is 6.08. The number of aryl methyl sites for hydroxylation is 1. The van der Waals surface area contributed by atoms with Gasteiger partial charge >= 0.3 is 0 Å². The molecule has 2 fully saturated rings. The summed E-state index contributed by atoms with van der Waals surface area (Å²) in [4.78, 5) is 22.4. The molecule has 2 aromatic rings. The molecule has 30 heavy (non-hydrogen) atoms. The molecule has 0 radical (unpaired) electrons. The van der Waals surface area contributed by atoms with Crippen LogP contribution in [0.15, 0.2) is 22.0 Å². The van der Waals surface area contributed by atoms with E-state index in [0.717, 1.165) is 69.2 Å². The van der Waals surface area contributed by atoms with Crippen molar-refractivity contribution in [3.05, 3.63) is 23.4 Å². The maximum absolute atomic E-state index is 12.5. The van der Waals surface area contributed by atoms with E-state index in [0.29, 0.717) is 11.7 Å². The van der Waals surface area contributed by atoms with Crippen molar-refractivity contribution in [3.8, 4) is 10.7 Å². The lowest BCUT2D eigenvalue weighted by atomic mass is 9.89. The number of thiophene rings is 1. The van der Waals surface area contributed by atoms with Crippen molar-refractivity contribution in [1.29, 1.82) is 0 Å². The molecule has 164 valence electrons. The molecule has 7 nitrogen and oxygen atoms in total. The zero-order valence-corrected chi connectivity index (χ0v) is 18.6. The lowest BCUT2D eigenvalue weighted by Crippen LogP contribution is -2.50. The Balaban J connectivity index is 1.11. The fraction of sp³-hybridized carbons (Fsp3) is 0.682. The van der Waals surface area contributed by atoms with Crippen LogP contribution in [0.5, 0.6) is 0 Å². The molecule has 1 aliphatic carbocycles. The zero-order chi connectivity index (χ0) is 20.8. The van der Waals surface area contributed by atoms with Gasteiger partial charge in [0, 0.05) is 32.6 Å². The summed E-state index contributed by atoms with van der Waals surface area (Å²) in [5.74, 6) is 2.23. The third kappa shape index (κ3) is 5.89. The smallest absolute Gasteiger partial charge is 0.248 e. The number of amides is 1. The Bertz CT molecular complexity index is 786. The molecule has 2 unspecified atom stereocenters. The van der Waals surface area contributed by atoms with Crippen LogP contribution in [0.3, 0.4) is 0 Å². The summed E-state index contributed by atoms with van der Waals surface area (Å²) in [6.07, 6.45) is 6.73. The maximum Gasteiger partial charge on any atom is 0.248 e. The topological polar surface area (TPSA) is 71.7 Å². The first-order valence-corrected chi connectivity index (χ1v) is 12.0. The number of nitrogens with zero attached hydrogens (tertiary/aromatic N) is 4. The van der Waals surface area contributed by atoms with Crippen molar-refractivity contribution in [2.45, 2.75) is 51.6 Å². The molecule has 0 aromatic carbocycles. The van der Waals surface area contributed by atoms with Gasteiger partial charge in [-0.2, -0.15) is 4.98 Å². The first-order chi connectivity index (χ1) is 14.7. The van der Waals surface area contributed by atoms with E-state index < -0.39 is 0 Å². The van der Waals surface area contributed by atoms with Gasteiger partial charge in [0.05, 0.1) is 11.0 Å². The molecule has 1 amide bonds. The van der Waals surface area contributed by atoms with Crippen molar-refractivity contribution in [1.82, 2.24) is 19.9 Å². The number of carbonyl (C=O) groups is 1. The normalized spacial score (nSPS) is 23.0. The Morgan fingerprint density at radius 2 is 2.17 bits per heavy atom. The molecule has 2 atom stereocenters. The summed E-state index contributed by atoms with van der Waals surface area (Å²) in [7, 11) is 0. The highest BCUT2D eigenvalue weighted by atomic mass is 32.1. The standard InChI is InChI=1S/C22H32N4O3S/c1-17-5-2-6-18(15-17)28-16-21(27)26-12-10-25(11-13-26)9-3-8-20-23-22(24-29-20)19-7-4-14-30-19/h4,7,14,17-18H,2-3,5-6,8-13,15-16H2,1H3. The molecule has 8 heteroatoms. The molecule has 1 aliphatic heterocycles. The van der Waals surface area contributed by atoms with Gasteiger partial charge in [0.15, 0.2) is 0 Å². The third-order valence-corrected chi connectivity index (χ3v) is 7.00. The van der Waals surface area contributed by atoms with E-state index in [-0.39, 0.29) is 18.6 Å². The molecular formula is C22H32N4O3S. The summed E-state index contributed by atoms with van der Waals surface area (Å²) >= 11 is 1.62. The second kappa shape index (κ2) is 10.5. The van der Waals surface area contributed by atoms with Crippen LogP contribution in [0.4, 0.5) is 0 Å². The van der Waals surface area contributed by atoms with Crippen LogP contribution in [-0.2, 0) is 16.0 Å². The van der Waals surface area contributed by atoms with Crippen molar-refractivity contribution < 1.29 is 14.1 Å². The Labute approximate surface area is 182 Å². The number of rotatable bonds is 8. The zero-order valence-electron chi connectivity index (χ0n) is 17.8. The van der Waals surface area contributed by atoms with E-state index in [9.17, 15) is 4.79 Å². The number of piperazine rings is 1. The highest BCUT2D eigenvalue weighted by Crippen LogP contribution is 2.25. The predicted octanol–water partition coefficient (Wildman–Crippen LogP) is 3.47. The van der Waals surface area contributed by atoms with E-state index in [1.807, 2.05) is 22.4 Å². The fourth-order valence-electron chi connectivity index (χ4n) is 4.35. The van der Waals surface area contributed by atoms with Crippen LogP contribution in [0, 0.1) is 5.92 Å². The monoisotopic (exact) mass is 432 g/mol. The van der Waals surface area contributed by atoms with E-state index in [2.05, 4.69) is 22.0 Å². The van der Waals surface area contributed by atoms with Gasteiger partial charge in [0.25, 0.3) is 0 Å². The highest BCUT2D eigenvalue weighted by Gasteiger charge is 2.24. The second-order valence-corrected chi connectivity index (χ2v) is 9.47.